The van der Waals surface area contributed by atoms with E-state index in [1.54, 1.807) is 23.1 Å². The number of piperidine rings is 1. The first-order chi connectivity index (χ1) is 12.9. The van der Waals surface area contributed by atoms with E-state index in [0.717, 1.165) is 0 Å². The van der Waals surface area contributed by atoms with E-state index in [9.17, 15) is 9.59 Å². The van der Waals surface area contributed by atoms with Gasteiger partial charge in [0.25, 0.3) is 0 Å². The Morgan fingerprint density at radius 2 is 1.93 bits per heavy atom. The lowest BCUT2D eigenvalue weighted by molar-refractivity contribution is -0.132. The molecular weight excluding hydrogens is 386 g/mol. The molecule has 2 N–H and O–H groups in total. The van der Waals surface area contributed by atoms with Gasteiger partial charge in [0.2, 0.25) is 11.8 Å². The molecular formula is C18H24ClN5O2S. The predicted molar refractivity (Wildman–Crippen MR) is 109 cm³/mol. The van der Waals surface area contributed by atoms with Crippen molar-refractivity contribution in [1.82, 2.24) is 14.9 Å². The number of carbonyl (C=O) groups excluding carboxylic acids is 2. The number of hydrogen-bond donors (Lipinski definition) is 1. The molecule has 0 saturated carbocycles. The van der Waals surface area contributed by atoms with Gasteiger partial charge in [-0.1, -0.05) is 35.5 Å². The molecule has 2 rings (SSSR count). The molecule has 0 radical (unpaired) electrons. The standard InChI is InChI=1S/C18H24ClN5O2S/c1-3-7-23(8-4-2)15-11-14(19)21-18(22-15)27-12-16(25)24-9-5-13(6-10-24)17(20)26/h3-4,11,13H,1-2,5-10,12H2,(H2,20,26). The Kier molecular flexibility index (Phi) is 8.12. The highest BCUT2D eigenvalue weighted by Crippen LogP contribution is 2.23. The average Bonchev–Trinajstić information content (AvgIpc) is 2.65. The van der Waals surface area contributed by atoms with Crippen LogP contribution in [0.2, 0.25) is 5.15 Å². The van der Waals surface area contributed by atoms with Crippen LogP contribution in [-0.2, 0) is 9.59 Å². The first-order valence-corrected chi connectivity index (χ1v) is 10.0. The van der Waals surface area contributed by atoms with Crippen molar-refractivity contribution in [3.05, 3.63) is 36.5 Å². The lowest BCUT2D eigenvalue weighted by Gasteiger charge is -2.30. The number of rotatable bonds is 9. The van der Waals surface area contributed by atoms with Crippen LogP contribution in [0.5, 0.6) is 0 Å². The van der Waals surface area contributed by atoms with E-state index in [4.69, 9.17) is 17.3 Å². The molecule has 2 heterocycles. The molecule has 0 spiro atoms. The molecule has 9 heteroatoms. The number of thioether (sulfide) groups is 1. The second-order valence-electron chi connectivity index (χ2n) is 6.16. The number of anilines is 1. The molecule has 1 saturated heterocycles. The summed E-state index contributed by atoms with van der Waals surface area (Å²) in [7, 11) is 0. The van der Waals surface area contributed by atoms with Gasteiger partial charge in [0, 0.05) is 38.2 Å². The van der Waals surface area contributed by atoms with Gasteiger partial charge < -0.3 is 15.5 Å². The van der Waals surface area contributed by atoms with Crippen LogP contribution in [-0.4, -0.2) is 58.6 Å². The number of halogens is 1. The van der Waals surface area contributed by atoms with Gasteiger partial charge >= 0.3 is 0 Å². The summed E-state index contributed by atoms with van der Waals surface area (Å²) in [4.78, 5) is 36.0. The summed E-state index contributed by atoms with van der Waals surface area (Å²) in [6, 6.07) is 1.68. The molecule has 27 heavy (non-hydrogen) atoms. The Morgan fingerprint density at radius 3 is 2.48 bits per heavy atom. The van der Waals surface area contributed by atoms with E-state index < -0.39 is 0 Å². The van der Waals surface area contributed by atoms with Gasteiger partial charge in [-0.3, -0.25) is 9.59 Å². The van der Waals surface area contributed by atoms with Gasteiger partial charge in [-0.25, -0.2) is 9.97 Å². The van der Waals surface area contributed by atoms with Gasteiger partial charge in [-0.05, 0) is 12.8 Å². The van der Waals surface area contributed by atoms with Crippen molar-refractivity contribution in [2.75, 3.05) is 36.8 Å². The van der Waals surface area contributed by atoms with Crippen LogP contribution in [0.25, 0.3) is 0 Å². The highest BCUT2D eigenvalue weighted by atomic mass is 35.5. The molecule has 7 nitrogen and oxygen atoms in total. The van der Waals surface area contributed by atoms with Crippen LogP contribution in [0, 0.1) is 5.92 Å². The van der Waals surface area contributed by atoms with Crippen molar-refractivity contribution >= 4 is 41.0 Å². The fourth-order valence-corrected chi connectivity index (χ4v) is 3.80. The number of nitrogens with two attached hydrogens (primary N) is 1. The maximum atomic E-state index is 12.4. The number of amides is 2. The second kappa shape index (κ2) is 10.3. The predicted octanol–water partition coefficient (Wildman–Crippen LogP) is 2.12. The van der Waals surface area contributed by atoms with E-state index in [2.05, 4.69) is 23.1 Å². The molecule has 1 aliphatic rings. The van der Waals surface area contributed by atoms with E-state index >= 15 is 0 Å². The largest absolute Gasteiger partial charge is 0.369 e. The zero-order chi connectivity index (χ0) is 19.8. The molecule has 0 atom stereocenters. The van der Waals surface area contributed by atoms with Gasteiger partial charge in [0.1, 0.15) is 11.0 Å². The number of hydrogen-bond acceptors (Lipinski definition) is 6. The molecule has 0 unspecified atom stereocenters. The van der Waals surface area contributed by atoms with Gasteiger partial charge in [0.15, 0.2) is 5.16 Å². The zero-order valence-corrected chi connectivity index (χ0v) is 16.7. The Hall–Kier alpha value is -2.06. The van der Waals surface area contributed by atoms with Gasteiger partial charge in [0.05, 0.1) is 5.75 Å². The smallest absolute Gasteiger partial charge is 0.233 e. The van der Waals surface area contributed by atoms with Gasteiger partial charge in [-0.15, -0.1) is 13.2 Å². The maximum Gasteiger partial charge on any atom is 0.233 e. The van der Waals surface area contributed by atoms with Crippen LogP contribution in [0.3, 0.4) is 0 Å². The third-order valence-electron chi connectivity index (χ3n) is 4.26. The Labute approximate surface area is 168 Å². The van der Waals surface area contributed by atoms with Crippen molar-refractivity contribution in [1.29, 1.82) is 0 Å². The summed E-state index contributed by atoms with van der Waals surface area (Å²) in [6.07, 6.45) is 4.76. The minimum Gasteiger partial charge on any atom is -0.369 e. The summed E-state index contributed by atoms with van der Waals surface area (Å²) in [6.45, 7) is 9.76. The summed E-state index contributed by atoms with van der Waals surface area (Å²) < 4.78 is 0. The Balaban J connectivity index is 1.97. The molecule has 0 aliphatic carbocycles. The summed E-state index contributed by atoms with van der Waals surface area (Å²) in [5, 5.41) is 0.756. The highest BCUT2D eigenvalue weighted by molar-refractivity contribution is 7.99. The van der Waals surface area contributed by atoms with E-state index in [-0.39, 0.29) is 23.5 Å². The van der Waals surface area contributed by atoms with Crippen molar-refractivity contribution in [2.45, 2.75) is 18.0 Å². The molecule has 1 aromatic rings. The van der Waals surface area contributed by atoms with Crippen molar-refractivity contribution in [2.24, 2.45) is 11.7 Å². The van der Waals surface area contributed by atoms with Crippen LogP contribution in [0.1, 0.15) is 12.8 Å². The number of primary amides is 1. The lowest BCUT2D eigenvalue weighted by atomic mass is 9.96. The Bertz CT molecular complexity index is 697. The molecule has 146 valence electrons. The maximum absolute atomic E-state index is 12.4. The van der Waals surface area contributed by atoms with Crippen molar-refractivity contribution in [3.63, 3.8) is 0 Å². The molecule has 1 fully saturated rings. The number of aromatic nitrogens is 2. The summed E-state index contributed by atoms with van der Waals surface area (Å²) in [5.74, 6) is 0.430. The molecule has 1 aromatic heterocycles. The molecule has 0 bridgehead atoms. The van der Waals surface area contributed by atoms with E-state index in [1.807, 2.05) is 4.90 Å². The second-order valence-corrected chi connectivity index (χ2v) is 7.49. The fraction of sp³-hybridized carbons (Fsp3) is 0.444. The number of likely N-dealkylation sites (tertiary alicyclic amines) is 1. The molecule has 2 amide bonds. The van der Waals surface area contributed by atoms with E-state index in [1.165, 1.54) is 11.8 Å². The minimum absolute atomic E-state index is 0.0120. The normalized spacial score (nSPS) is 14.6. The molecule has 0 aromatic carbocycles. The fourth-order valence-electron chi connectivity index (χ4n) is 2.82. The Morgan fingerprint density at radius 1 is 1.30 bits per heavy atom. The van der Waals surface area contributed by atoms with Crippen LogP contribution in [0.4, 0.5) is 5.82 Å². The third-order valence-corrected chi connectivity index (χ3v) is 5.28. The zero-order valence-electron chi connectivity index (χ0n) is 15.1. The van der Waals surface area contributed by atoms with Crippen molar-refractivity contribution in [3.8, 4) is 0 Å². The van der Waals surface area contributed by atoms with Crippen molar-refractivity contribution < 1.29 is 9.59 Å². The monoisotopic (exact) mass is 409 g/mol. The van der Waals surface area contributed by atoms with Crippen LogP contribution >= 0.6 is 23.4 Å². The first-order valence-electron chi connectivity index (χ1n) is 8.65. The molecule has 1 aliphatic heterocycles. The summed E-state index contributed by atoms with van der Waals surface area (Å²) >= 11 is 7.37. The number of carbonyl (C=O) groups is 2. The topological polar surface area (TPSA) is 92.4 Å². The van der Waals surface area contributed by atoms with Crippen LogP contribution in [0.15, 0.2) is 36.5 Å². The summed E-state index contributed by atoms with van der Waals surface area (Å²) in [5.41, 5.74) is 5.33. The third kappa shape index (κ3) is 6.25. The van der Waals surface area contributed by atoms with Crippen LogP contribution < -0.4 is 10.6 Å². The minimum atomic E-state index is -0.292. The van der Waals surface area contributed by atoms with Gasteiger partial charge in [-0.2, -0.15) is 0 Å². The van der Waals surface area contributed by atoms with E-state index in [0.29, 0.717) is 55.1 Å². The number of nitrogens with zero attached hydrogens (tertiary/aromatic N) is 4. The SMILES string of the molecule is C=CCN(CC=C)c1cc(Cl)nc(SCC(=O)N2CCC(C(N)=O)CC2)n1. The first kappa shape index (κ1) is 21.2. The highest BCUT2D eigenvalue weighted by Gasteiger charge is 2.26. The lowest BCUT2D eigenvalue weighted by Crippen LogP contribution is -2.42. The quantitative estimate of drug-likeness (QED) is 0.290. The average molecular weight is 410 g/mol.